The van der Waals surface area contributed by atoms with Crippen molar-refractivity contribution in [3.63, 3.8) is 0 Å². The Morgan fingerprint density at radius 1 is 1.50 bits per heavy atom. The van der Waals surface area contributed by atoms with Crippen LogP contribution in [-0.4, -0.2) is 23.5 Å². The maximum Gasteiger partial charge on any atom is 0.266 e. The number of rotatable bonds is 5. The van der Waals surface area contributed by atoms with Crippen LogP contribution in [0.4, 0.5) is 5.82 Å². The number of unbranched alkanes of at least 4 members (excludes halogenated alkanes) is 1. The zero-order valence-corrected chi connectivity index (χ0v) is 8.27. The van der Waals surface area contributed by atoms with Crippen LogP contribution in [0.3, 0.4) is 0 Å². The highest BCUT2D eigenvalue weighted by Gasteiger charge is 1.97. The van der Waals surface area contributed by atoms with Crippen molar-refractivity contribution >= 4 is 5.82 Å². The van der Waals surface area contributed by atoms with E-state index >= 15 is 0 Å². The molecule has 0 radical (unpaired) electrons. The summed E-state index contributed by atoms with van der Waals surface area (Å²) in [4.78, 5) is 11.2. The maximum absolute atomic E-state index is 11.2. The highest BCUT2D eigenvalue weighted by atomic mass is 16.5. The van der Waals surface area contributed by atoms with Crippen LogP contribution < -0.4 is 11.3 Å². The van der Waals surface area contributed by atoms with Crippen LogP contribution in [0.2, 0.25) is 0 Å². The molecule has 1 heterocycles. The number of ether oxygens (including phenoxy) is 1. The first kappa shape index (κ1) is 10.7. The average Bonchev–Trinajstić information content (AvgIpc) is 2.18. The highest BCUT2D eigenvalue weighted by molar-refractivity contribution is 5.23. The van der Waals surface area contributed by atoms with E-state index in [4.69, 9.17) is 10.5 Å². The molecule has 0 unspecified atom stereocenters. The molecule has 0 saturated carbocycles. The molecule has 0 atom stereocenters. The molecule has 5 nitrogen and oxygen atoms in total. The quantitative estimate of drug-likeness (QED) is 0.687. The zero-order valence-electron chi connectivity index (χ0n) is 8.27. The molecule has 1 aromatic heterocycles. The number of aryl methyl sites for hydroxylation is 1. The lowest BCUT2D eigenvalue weighted by Crippen LogP contribution is -2.22. The minimum atomic E-state index is -0.114. The fourth-order valence-corrected chi connectivity index (χ4v) is 1.13. The largest absolute Gasteiger partial charge is 0.385 e. The van der Waals surface area contributed by atoms with Gasteiger partial charge in [-0.3, -0.25) is 4.79 Å². The Morgan fingerprint density at radius 2 is 2.29 bits per heavy atom. The van der Waals surface area contributed by atoms with Gasteiger partial charge in [0, 0.05) is 26.3 Å². The van der Waals surface area contributed by atoms with Crippen LogP contribution in [0.25, 0.3) is 0 Å². The predicted molar refractivity (Wildman–Crippen MR) is 54.0 cm³/mol. The van der Waals surface area contributed by atoms with E-state index in [1.165, 1.54) is 16.8 Å². The molecule has 0 aliphatic heterocycles. The first-order valence-corrected chi connectivity index (χ1v) is 4.56. The second-order valence-corrected chi connectivity index (χ2v) is 3.02. The van der Waals surface area contributed by atoms with Crippen molar-refractivity contribution in [2.75, 3.05) is 19.5 Å². The van der Waals surface area contributed by atoms with Crippen LogP contribution in [-0.2, 0) is 11.3 Å². The summed E-state index contributed by atoms with van der Waals surface area (Å²) in [5.74, 6) is 0.372. The lowest BCUT2D eigenvalue weighted by molar-refractivity contribution is 0.190. The van der Waals surface area contributed by atoms with E-state index in [9.17, 15) is 4.79 Å². The van der Waals surface area contributed by atoms with Gasteiger partial charge in [0.2, 0.25) is 0 Å². The molecule has 0 amide bonds. The number of nitrogen functional groups attached to an aromatic ring is 1. The normalized spacial score (nSPS) is 10.4. The molecule has 0 spiro atoms. The number of aromatic nitrogens is 2. The molecule has 14 heavy (non-hydrogen) atoms. The fourth-order valence-electron chi connectivity index (χ4n) is 1.13. The molecule has 1 aromatic rings. The number of hydrogen-bond donors (Lipinski definition) is 1. The number of nitrogens with zero attached hydrogens (tertiary/aromatic N) is 2. The van der Waals surface area contributed by atoms with Crippen LogP contribution >= 0.6 is 0 Å². The maximum atomic E-state index is 11.2. The summed E-state index contributed by atoms with van der Waals surface area (Å²) in [5.41, 5.74) is 5.35. The number of nitrogens with two attached hydrogens (primary N) is 1. The van der Waals surface area contributed by atoms with Gasteiger partial charge in [-0.25, -0.2) is 4.68 Å². The molecule has 0 aliphatic rings. The van der Waals surface area contributed by atoms with Crippen molar-refractivity contribution in [2.24, 2.45) is 0 Å². The minimum absolute atomic E-state index is 0.114. The third kappa shape index (κ3) is 3.18. The van der Waals surface area contributed by atoms with Crippen LogP contribution in [0.15, 0.2) is 16.9 Å². The van der Waals surface area contributed by atoms with Gasteiger partial charge in [0.05, 0.1) is 0 Å². The molecule has 0 aliphatic carbocycles. The molecule has 0 fully saturated rings. The summed E-state index contributed by atoms with van der Waals surface area (Å²) < 4.78 is 6.28. The van der Waals surface area contributed by atoms with Crippen molar-refractivity contribution in [3.8, 4) is 0 Å². The molecule has 0 bridgehead atoms. The van der Waals surface area contributed by atoms with Gasteiger partial charge in [0.25, 0.3) is 5.56 Å². The molecular weight excluding hydrogens is 182 g/mol. The van der Waals surface area contributed by atoms with Gasteiger partial charge >= 0.3 is 0 Å². The van der Waals surface area contributed by atoms with Gasteiger partial charge in [-0.1, -0.05) is 0 Å². The zero-order chi connectivity index (χ0) is 10.4. The van der Waals surface area contributed by atoms with Crippen molar-refractivity contribution in [1.82, 2.24) is 9.78 Å². The van der Waals surface area contributed by atoms with E-state index in [1.807, 2.05) is 0 Å². The van der Waals surface area contributed by atoms with Crippen LogP contribution in [0, 0.1) is 0 Å². The van der Waals surface area contributed by atoms with Crippen molar-refractivity contribution in [1.29, 1.82) is 0 Å². The Bertz CT molecular complexity index is 335. The van der Waals surface area contributed by atoms with E-state index in [1.54, 1.807) is 7.11 Å². The van der Waals surface area contributed by atoms with E-state index in [0.29, 0.717) is 19.0 Å². The van der Waals surface area contributed by atoms with Crippen molar-refractivity contribution in [3.05, 3.63) is 22.5 Å². The summed E-state index contributed by atoms with van der Waals surface area (Å²) >= 11 is 0. The standard InChI is InChI=1S/C9H15N3O2/c1-14-7-3-2-6-12-9(13)5-4-8(10)11-12/h4-5H,2-3,6-7H2,1H3,(H2,10,11). The van der Waals surface area contributed by atoms with Crippen molar-refractivity contribution in [2.45, 2.75) is 19.4 Å². The van der Waals surface area contributed by atoms with E-state index in [0.717, 1.165) is 12.8 Å². The summed E-state index contributed by atoms with van der Waals surface area (Å²) in [6.45, 7) is 1.30. The Kier molecular flexibility index (Phi) is 4.12. The van der Waals surface area contributed by atoms with E-state index < -0.39 is 0 Å². The topological polar surface area (TPSA) is 70.1 Å². The summed E-state index contributed by atoms with van der Waals surface area (Å²) in [6.07, 6.45) is 1.78. The second kappa shape index (κ2) is 5.39. The van der Waals surface area contributed by atoms with Gasteiger partial charge < -0.3 is 10.5 Å². The first-order valence-electron chi connectivity index (χ1n) is 4.56. The van der Waals surface area contributed by atoms with Gasteiger partial charge in [-0.05, 0) is 18.9 Å². The minimum Gasteiger partial charge on any atom is -0.385 e. The number of anilines is 1. The van der Waals surface area contributed by atoms with Crippen molar-refractivity contribution < 1.29 is 4.74 Å². The highest BCUT2D eigenvalue weighted by Crippen LogP contribution is 1.94. The van der Waals surface area contributed by atoms with Gasteiger partial charge in [0.15, 0.2) is 0 Å². The van der Waals surface area contributed by atoms with Crippen LogP contribution in [0.5, 0.6) is 0 Å². The van der Waals surface area contributed by atoms with E-state index in [2.05, 4.69) is 5.10 Å². The fraction of sp³-hybridized carbons (Fsp3) is 0.556. The number of hydrogen-bond acceptors (Lipinski definition) is 4. The lowest BCUT2D eigenvalue weighted by Gasteiger charge is -2.04. The SMILES string of the molecule is COCCCCn1nc(N)ccc1=O. The molecular formula is C9H15N3O2. The molecule has 0 saturated heterocycles. The second-order valence-electron chi connectivity index (χ2n) is 3.02. The predicted octanol–water partition coefficient (Wildman–Crippen LogP) is 0.252. The summed E-state index contributed by atoms with van der Waals surface area (Å²) in [7, 11) is 1.66. The third-order valence-electron chi connectivity index (χ3n) is 1.86. The summed E-state index contributed by atoms with van der Waals surface area (Å²) in [5, 5.41) is 3.91. The summed E-state index contributed by atoms with van der Waals surface area (Å²) in [6, 6.07) is 2.94. The Balaban J connectivity index is 2.49. The molecule has 5 heteroatoms. The Labute approximate surface area is 82.5 Å². The lowest BCUT2D eigenvalue weighted by atomic mass is 10.3. The van der Waals surface area contributed by atoms with E-state index in [-0.39, 0.29) is 5.56 Å². The van der Waals surface area contributed by atoms with Gasteiger partial charge in [-0.2, -0.15) is 5.10 Å². The van der Waals surface area contributed by atoms with Crippen LogP contribution in [0.1, 0.15) is 12.8 Å². The van der Waals surface area contributed by atoms with Gasteiger partial charge in [-0.15, -0.1) is 0 Å². The molecule has 1 rings (SSSR count). The molecule has 78 valence electrons. The smallest absolute Gasteiger partial charge is 0.266 e. The Morgan fingerprint density at radius 3 is 3.00 bits per heavy atom. The van der Waals surface area contributed by atoms with Gasteiger partial charge in [0.1, 0.15) is 5.82 Å². The molecule has 0 aromatic carbocycles. The monoisotopic (exact) mass is 197 g/mol. The first-order chi connectivity index (χ1) is 6.74. The Hall–Kier alpha value is -1.36. The number of methoxy groups -OCH3 is 1. The third-order valence-corrected chi connectivity index (χ3v) is 1.86. The molecule has 2 N–H and O–H groups in total. The average molecular weight is 197 g/mol.